The number of fused-ring (bicyclic) bond motifs is 1. The Hall–Kier alpha value is -1.77. The van der Waals surface area contributed by atoms with Crippen LogP contribution in [0.2, 0.25) is 0 Å². The van der Waals surface area contributed by atoms with Crippen molar-refractivity contribution in [2.45, 2.75) is 39.0 Å². The van der Waals surface area contributed by atoms with Crippen LogP contribution in [-0.4, -0.2) is 51.4 Å². The van der Waals surface area contributed by atoms with E-state index in [0.29, 0.717) is 5.88 Å². The average Bonchev–Trinajstić information content (AvgIpc) is 2.91. The molecule has 3 rings (SSSR count). The summed E-state index contributed by atoms with van der Waals surface area (Å²) in [6.07, 6.45) is 4.72. The number of thiazole rings is 1. The molecule has 0 saturated carbocycles. The van der Waals surface area contributed by atoms with E-state index in [0.717, 1.165) is 42.5 Å². The molecule has 0 spiro atoms. The van der Waals surface area contributed by atoms with Gasteiger partial charge in [-0.1, -0.05) is 0 Å². The number of nitrogens with zero attached hydrogens (tertiary/aromatic N) is 4. The lowest BCUT2D eigenvalue weighted by Crippen LogP contribution is -2.29. The Morgan fingerprint density at radius 1 is 1.21 bits per heavy atom. The molecule has 2 N–H and O–H groups in total. The Labute approximate surface area is 145 Å². The van der Waals surface area contributed by atoms with Gasteiger partial charge < -0.3 is 15.2 Å². The number of methoxy groups -OCH3 is 1. The van der Waals surface area contributed by atoms with E-state index in [9.17, 15) is 5.11 Å². The molecule has 1 aliphatic heterocycles. The molecule has 130 valence electrons. The first-order chi connectivity index (χ1) is 11.6. The minimum atomic E-state index is -0.598. The summed E-state index contributed by atoms with van der Waals surface area (Å²) in [7, 11) is 1.62. The SMILES string of the molecule is COc1cnc2c(n1)CCN([C@@H](C)c1cnc(NC(C)O)s1)CC2. The summed E-state index contributed by atoms with van der Waals surface area (Å²) in [6.45, 7) is 5.74. The number of anilines is 1. The standard InChI is InChI=1S/C16H23N5O2S/c1-10(14-8-18-16(24-14)19-11(2)22)21-6-4-12-13(5-7-21)20-15(23-3)9-17-12/h8-11,22H,4-7H2,1-3H3,(H,18,19)/t10-,11?/m0/s1. The molecule has 8 heteroatoms. The third-order valence-corrected chi connectivity index (χ3v) is 5.30. The van der Waals surface area contributed by atoms with Crippen molar-refractivity contribution in [3.63, 3.8) is 0 Å². The van der Waals surface area contributed by atoms with Gasteiger partial charge in [0, 0.05) is 43.0 Å². The number of aromatic nitrogens is 3. The highest BCUT2D eigenvalue weighted by atomic mass is 32.1. The van der Waals surface area contributed by atoms with Gasteiger partial charge in [0.1, 0.15) is 6.23 Å². The molecule has 2 aromatic heterocycles. The molecule has 1 unspecified atom stereocenters. The number of rotatable bonds is 5. The summed E-state index contributed by atoms with van der Waals surface area (Å²) >= 11 is 1.58. The van der Waals surface area contributed by atoms with Crippen LogP contribution in [0.5, 0.6) is 5.88 Å². The van der Waals surface area contributed by atoms with Gasteiger partial charge in [-0.3, -0.25) is 9.88 Å². The largest absolute Gasteiger partial charge is 0.480 e. The van der Waals surface area contributed by atoms with Crippen LogP contribution in [0.25, 0.3) is 0 Å². The highest BCUT2D eigenvalue weighted by molar-refractivity contribution is 7.15. The first kappa shape index (κ1) is 17.1. The molecule has 0 aromatic carbocycles. The van der Waals surface area contributed by atoms with Crippen LogP contribution < -0.4 is 10.1 Å². The molecule has 3 heterocycles. The van der Waals surface area contributed by atoms with Gasteiger partial charge >= 0.3 is 0 Å². The molecule has 0 fully saturated rings. The van der Waals surface area contributed by atoms with E-state index in [-0.39, 0.29) is 6.04 Å². The quantitative estimate of drug-likeness (QED) is 0.797. The van der Waals surface area contributed by atoms with Gasteiger partial charge in [-0.15, -0.1) is 11.3 Å². The van der Waals surface area contributed by atoms with Crippen molar-refractivity contribution in [2.24, 2.45) is 0 Å². The zero-order chi connectivity index (χ0) is 17.1. The predicted molar refractivity (Wildman–Crippen MR) is 93.4 cm³/mol. The number of ether oxygens (including phenoxy) is 1. The number of aliphatic hydroxyl groups excluding tert-OH is 1. The molecule has 0 radical (unpaired) electrons. The number of hydrogen-bond acceptors (Lipinski definition) is 8. The van der Waals surface area contributed by atoms with Crippen molar-refractivity contribution in [1.82, 2.24) is 19.9 Å². The summed E-state index contributed by atoms with van der Waals surface area (Å²) in [5.41, 5.74) is 2.09. The number of aliphatic hydroxyl groups is 1. The first-order valence-corrected chi connectivity index (χ1v) is 8.91. The van der Waals surface area contributed by atoms with Crippen LogP contribution in [0.3, 0.4) is 0 Å². The molecule has 0 bridgehead atoms. The summed E-state index contributed by atoms with van der Waals surface area (Å²) in [5, 5.41) is 13.1. The number of nitrogens with one attached hydrogen (secondary N) is 1. The monoisotopic (exact) mass is 349 g/mol. The maximum Gasteiger partial charge on any atom is 0.232 e. The van der Waals surface area contributed by atoms with Crippen molar-refractivity contribution in [3.8, 4) is 5.88 Å². The van der Waals surface area contributed by atoms with E-state index >= 15 is 0 Å². The minimum absolute atomic E-state index is 0.267. The van der Waals surface area contributed by atoms with Crippen molar-refractivity contribution < 1.29 is 9.84 Å². The van der Waals surface area contributed by atoms with E-state index in [4.69, 9.17) is 4.74 Å². The number of hydrogen-bond donors (Lipinski definition) is 2. The van der Waals surface area contributed by atoms with Gasteiger partial charge in [0.25, 0.3) is 0 Å². The van der Waals surface area contributed by atoms with Gasteiger partial charge in [-0.05, 0) is 13.8 Å². The van der Waals surface area contributed by atoms with Gasteiger partial charge in [0.2, 0.25) is 5.88 Å². The Bertz CT molecular complexity index is 691. The molecule has 2 aromatic rings. The smallest absolute Gasteiger partial charge is 0.232 e. The van der Waals surface area contributed by atoms with E-state index in [1.165, 1.54) is 4.88 Å². The Morgan fingerprint density at radius 2 is 1.96 bits per heavy atom. The molecule has 7 nitrogen and oxygen atoms in total. The highest BCUT2D eigenvalue weighted by Crippen LogP contribution is 2.30. The topological polar surface area (TPSA) is 83.4 Å². The van der Waals surface area contributed by atoms with Crippen LogP contribution in [0.15, 0.2) is 12.4 Å². The third kappa shape index (κ3) is 3.82. The van der Waals surface area contributed by atoms with E-state index in [1.807, 2.05) is 6.20 Å². The van der Waals surface area contributed by atoms with E-state index < -0.39 is 6.23 Å². The fourth-order valence-corrected chi connectivity index (χ4v) is 3.83. The zero-order valence-electron chi connectivity index (χ0n) is 14.2. The molecule has 24 heavy (non-hydrogen) atoms. The van der Waals surface area contributed by atoms with Crippen LogP contribution in [0, 0.1) is 0 Å². The fraction of sp³-hybridized carbons (Fsp3) is 0.562. The third-order valence-electron chi connectivity index (χ3n) is 4.21. The van der Waals surface area contributed by atoms with Crippen LogP contribution in [-0.2, 0) is 12.8 Å². The van der Waals surface area contributed by atoms with Crippen molar-refractivity contribution in [2.75, 3.05) is 25.5 Å². The lowest BCUT2D eigenvalue weighted by Gasteiger charge is -2.26. The summed E-state index contributed by atoms with van der Waals surface area (Å²) in [4.78, 5) is 17.0. The van der Waals surface area contributed by atoms with Crippen LogP contribution in [0.4, 0.5) is 5.13 Å². The van der Waals surface area contributed by atoms with Gasteiger partial charge in [-0.25, -0.2) is 9.97 Å². The molecule has 2 atom stereocenters. The highest BCUT2D eigenvalue weighted by Gasteiger charge is 2.23. The fourth-order valence-electron chi connectivity index (χ4n) is 2.84. The lowest BCUT2D eigenvalue weighted by atomic mass is 10.2. The lowest BCUT2D eigenvalue weighted by molar-refractivity contribution is 0.223. The first-order valence-electron chi connectivity index (χ1n) is 8.10. The molecular weight excluding hydrogens is 326 g/mol. The molecular formula is C16H23N5O2S. The van der Waals surface area contributed by atoms with Crippen LogP contribution >= 0.6 is 11.3 Å². The molecule has 0 amide bonds. The maximum absolute atomic E-state index is 9.40. The Morgan fingerprint density at radius 3 is 2.67 bits per heavy atom. The van der Waals surface area contributed by atoms with Crippen molar-refractivity contribution >= 4 is 16.5 Å². The summed E-state index contributed by atoms with van der Waals surface area (Å²) in [5.74, 6) is 0.576. The second kappa shape index (κ2) is 7.42. The second-order valence-electron chi connectivity index (χ2n) is 5.91. The maximum atomic E-state index is 9.40. The normalized spacial score (nSPS) is 17.7. The van der Waals surface area contributed by atoms with E-state index in [2.05, 4.69) is 32.1 Å². The molecule has 1 aliphatic rings. The average molecular weight is 349 g/mol. The van der Waals surface area contributed by atoms with Gasteiger partial charge in [-0.2, -0.15) is 0 Å². The van der Waals surface area contributed by atoms with Crippen LogP contribution in [0.1, 0.15) is 36.2 Å². The second-order valence-corrected chi connectivity index (χ2v) is 6.97. The zero-order valence-corrected chi connectivity index (χ0v) is 15.0. The molecule has 0 aliphatic carbocycles. The summed E-state index contributed by atoms with van der Waals surface area (Å²) in [6, 6.07) is 0.267. The van der Waals surface area contributed by atoms with Gasteiger partial charge in [0.05, 0.1) is 24.7 Å². The Balaban J connectivity index is 1.69. The molecule has 0 saturated heterocycles. The predicted octanol–water partition coefficient (Wildman–Crippen LogP) is 1.85. The van der Waals surface area contributed by atoms with Crippen molar-refractivity contribution in [1.29, 1.82) is 0 Å². The summed E-state index contributed by atoms with van der Waals surface area (Å²) < 4.78 is 5.18. The van der Waals surface area contributed by atoms with E-state index in [1.54, 1.807) is 31.6 Å². The van der Waals surface area contributed by atoms with Crippen molar-refractivity contribution in [3.05, 3.63) is 28.7 Å². The minimum Gasteiger partial charge on any atom is -0.480 e. The Kier molecular flexibility index (Phi) is 5.27. The van der Waals surface area contributed by atoms with Gasteiger partial charge in [0.15, 0.2) is 5.13 Å².